The molecule has 10 nitrogen and oxygen atoms in total. The van der Waals surface area contributed by atoms with Crippen LogP contribution >= 0.6 is 11.6 Å². The summed E-state index contributed by atoms with van der Waals surface area (Å²) < 4.78 is 67.1. The Morgan fingerprint density at radius 1 is 1.07 bits per heavy atom. The van der Waals surface area contributed by atoms with Crippen molar-refractivity contribution in [3.05, 3.63) is 101 Å². The highest BCUT2D eigenvalue weighted by Crippen LogP contribution is 2.49. The maximum atomic E-state index is 16.1. The SMILES string of the molecule is CC1NNC2C(F)CC(C(=O)Nc3ccc4c(c3)nc(Cc3c(F)cc(-c5cccc6c5O[C@](C)(c5ccc(Cl)cn5)O6)cc3F)n4CC3CCO3)CC12. The number of benzene rings is 3. The van der Waals surface area contributed by atoms with E-state index in [-0.39, 0.29) is 54.0 Å². The number of nitrogens with one attached hydrogen (secondary N) is 3. The van der Waals surface area contributed by atoms with E-state index >= 15 is 8.78 Å². The molecule has 6 unspecified atom stereocenters. The van der Waals surface area contributed by atoms with Crippen LogP contribution in [0, 0.1) is 23.5 Å². The number of hydrogen-bond acceptors (Lipinski definition) is 8. The summed E-state index contributed by atoms with van der Waals surface area (Å²) in [6, 6.07) is 16.3. The first-order valence-corrected chi connectivity index (χ1v) is 18.6. The number of carbonyl (C=O) groups excluding carboxylic acids is 1. The average molecular weight is 759 g/mol. The molecule has 1 aliphatic carbocycles. The predicted octanol–water partition coefficient (Wildman–Crippen LogP) is 7.22. The molecule has 3 aliphatic heterocycles. The van der Waals surface area contributed by atoms with Gasteiger partial charge in [0, 0.05) is 54.9 Å². The number of halogens is 4. The Balaban J connectivity index is 0.981. The van der Waals surface area contributed by atoms with Crippen molar-refractivity contribution in [1.29, 1.82) is 0 Å². The first-order valence-electron chi connectivity index (χ1n) is 18.2. The molecule has 14 heteroatoms. The van der Waals surface area contributed by atoms with E-state index in [9.17, 15) is 9.18 Å². The van der Waals surface area contributed by atoms with Crippen molar-refractivity contribution in [2.75, 3.05) is 11.9 Å². The highest BCUT2D eigenvalue weighted by Gasteiger charge is 2.46. The number of aromatic nitrogens is 3. The van der Waals surface area contributed by atoms with Crippen LogP contribution in [0.25, 0.3) is 22.2 Å². The molecule has 280 valence electrons. The fraction of sp³-hybridized carbons (Fsp3) is 0.375. The minimum Gasteiger partial charge on any atom is -0.443 e. The molecule has 9 rings (SSSR count). The van der Waals surface area contributed by atoms with Gasteiger partial charge in [-0.25, -0.2) is 18.2 Å². The summed E-state index contributed by atoms with van der Waals surface area (Å²) in [6.07, 6.45) is 1.74. The van der Waals surface area contributed by atoms with Crippen molar-refractivity contribution < 1.29 is 32.2 Å². The second-order valence-corrected chi connectivity index (χ2v) is 15.2. The van der Waals surface area contributed by atoms with Crippen LogP contribution in [0.3, 0.4) is 0 Å². The predicted molar refractivity (Wildman–Crippen MR) is 196 cm³/mol. The summed E-state index contributed by atoms with van der Waals surface area (Å²) in [7, 11) is 0. The summed E-state index contributed by atoms with van der Waals surface area (Å²) in [5.74, 6) is -2.24. The van der Waals surface area contributed by atoms with Gasteiger partial charge in [0.1, 0.15) is 29.3 Å². The van der Waals surface area contributed by atoms with Crippen molar-refractivity contribution >= 4 is 34.2 Å². The Labute approximate surface area is 314 Å². The van der Waals surface area contributed by atoms with Crippen LogP contribution in [-0.2, 0) is 28.3 Å². The van der Waals surface area contributed by atoms with Gasteiger partial charge in [-0.1, -0.05) is 23.7 Å². The number of carbonyl (C=O) groups is 1. The molecular formula is C40H38ClF3N6O4. The molecule has 5 aromatic rings. The summed E-state index contributed by atoms with van der Waals surface area (Å²) in [6.45, 7) is 4.81. The topological polar surface area (TPSA) is 112 Å². The highest BCUT2D eigenvalue weighted by molar-refractivity contribution is 6.30. The van der Waals surface area contributed by atoms with Gasteiger partial charge in [-0.15, -0.1) is 0 Å². The molecule has 54 heavy (non-hydrogen) atoms. The van der Waals surface area contributed by atoms with E-state index in [4.69, 9.17) is 30.8 Å². The van der Waals surface area contributed by atoms with Gasteiger partial charge in [0.15, 0.2) is 11.5 Å². The van der Waals surface area contributed by atoms with Gasteiger partial charge in [-0.3, -0.25) is 20.6 Å². The molecule has 3 fully saturated rings. The van der Waals surface area contributed by atoms with Gasteiger partial charge in [-0.05, 0) is 86.2 Å². The number of imidazole rings is 1. The smallest absolute Gasteiger partial charge is 0.292 e. The second-order valence-electron chi connectivity index (χ2n) is 14.8. The number of amides is 1. The molecular weight excluding hydrogens is 721 g/mol. The molecule has 2 aromatic heterocycles. The lowest BCUT2D eigenvalue weighted by Crippen LogP contribution is -2.46. The quantitative estimate of drug-likeness (QED) is 0.152. The third-order valence-corrected chi connectivity index (χ3v) is 11.5. The van der Waals surface area contributed by atoms with Crippen LogP contribution in [0.1, 0.15) is 50.2 Å². The zero-order valence-electron chi connectivity index (χ0n) is 29.5. The van der Waals surface area contributed by atoms with Gasteiger partial charge < -0.3 is 24.1 Å². The number of ether oxygens (including phenoxy) is 3. The third-order valence-electron chi connectivity index (χ3n) is 11.2. The maximum absolute atomic E-state index is 16.1. The number of nitrogens with zero attached hydrogens (tertiary/aromatic N) is 3. The normalized spacial score (nSPS) is 27.1. The Morgan fingerprint density at radius 3 is 2.63 bits per heavy atom. The van der Waals surface area contributed by atoms with Crippen molar-refractivity contribution in [1.82, 2.24) is 25.4 Å². The van der Waals surface area contributed by atoms with Gasteiger partial charge >= 0.3 is 0 Å². The molecule has 3 N–H and O–H groups in total. The van der Waals surface area contributed by atoms with E-state index in [1.54, 1.807) is 49.4 Å². The first kappa shape index (κ1) is 35.0. The van der Waals surface area contributed by atoms with E-state index in [0.717, 1.165) is 11.9 Å². The van der Waals surface area contributed by atoms with Gasteiger partial charge in [0.25, 0.3) is 5.79 Å². The fourth-order valence-corrected chi connectivity index (χ4v) is 8.29. The summed E-state index contributed by atoms with van der Waals surface area (Å²) >= 11 is 6.03. The molecule has 1 amide bonds. The Morgan fingerprint density at radius 2 is 1.89 bits per heavy atom. The molecule has 0 spiro atoms. The second kappa shape index (κ2) is 13.6. The van der Waals surface area contributed by atoms with E-state index in [1.165, 1.54) is 18.3 Å². The van der Waals surface area contributed by atoms with Gasteiger partial charge in [0.05, 0.1) is 34.7 Å². The minimum absolute atomic E-state index is 0.0122. The van der Waals surface area contributed by atoms with Crippen molar-refractivity contribution in [2.24, 2.45) is 11.8 Å². The van der Waals surface area contributed by atoms with Crippen LogP contribution in [0.2, 0.25) is 5.02 Å². The van der Waals surface area contributed by atoms with Crippen LogP contribution < -0.4 is 25.6 Å². The van der Waals surface area contributed by atoms with Crippen LogP contribution in [0.5, 0.6) is 11.5 Å². The fourth-order valence-electron chi connectivity index (χ4n) is 8.18. The first-order chi connectivity index (χ1) is 26.0. The number of hydrazine groups is 1. The number of pyridine rings is 1. The van der Waals surface area contributed by atoms with E-state index < -0.39 is 29.5 Å². The number of para-hydroxylation sites is 1. The standard InChI is InChI=1S/C40H38ClF3N6O4/c1-20-27-12-22(15-31(44)37(27)49-48-20)39(51)46-24-7-8-33-32(16-24)47-36(50(33)19-25-10-11-52-25)17-28-29(42)13-21(14-30(28)43)26-4-3-5-34-38(26)54-40(2,53-34)35-9-6-23(41)18-45-35/h3-9,13-14,16,18,20,22,25,27,31,37,48-49H,10-12,15,17,19H2,1-2H3,(H,46,51)/t20?,22?,25?,27?,31?,37?,40-/m1/s1. The Kier molecular flexibility index (Phi) is 8.80. The van der Waals surface area contributed by atoms with Crippen LogP contribution in [-0.4, -0.2) is 51.4 Å². The van der Waals surface area contributed by atoms with Gasteiger partial charge in [0.2, 0.25) is 5.91 Å². The zero-order valence-corrected chi connectivity index (χ0v) is 30.3. The molecule has 0 bridgehead atoms. The molecule has 2 saturated heterocycles. The largest absolute Gasteiger partial charge is 0.443 e. The van der Waals surface area contributed by atoms with Crippen molar-refractivity contribution in [3.63, 3.8) is 0 Å². The summed E-state index contributed by atoms with van der Waals surface area (Å²) in [5, 5.41) is 3.43. The number of hydrogen-bond donors (Lipinski definition) is 3. The number of anilines is 1. The van der Waals surface area contributed by atoms with E-state index in [0.29, 0.717) is 64.4 Å². The van der Waals surface area contributed by atoms with Gasteiger partial charge in [-0.2, -0.15) is 0 Å². The molecule has 0 radical (unpaired) electrons. The minimum atomic E-state index is -1.27. The van der Waals surface area contributed by atoms with Crippen LogP contribution in [0.15, 0.2) is 66.9 Å². The molecule has 3 aromatic carbocycles. The molecule has 1 saturated carbocycles. The van der Waals surface area contributed by atoms with E-state index in [2.05, 4.69) is 21.2 Å². The summed E-state index contributed by atoms with van der Waals surface area (Å²) in [5.41, 5.74) is 9.03. The molecule has 5 heterocycles. The average Bonchev–Trinajstić information content (AvgIpc) is 3.80. The van der Waals surface area contributed by atoms with Crippen molar-refractivity contribution in [2.45, 2.75) is 76.2 Å². The number of rotatable bonds is 8. The number of alkyl halides is 1. The van der Waals surface area contributed by atoms with E-state index in [1.807, 2.05) is 17.6 Å². The lowest BCUT2D eigenvalue weighted by Gasteiger charge is -2.34. The highest BCUT2D eigenvalue weighted by atomic mass is 35.5. The number of fused-ring (bicyclic) bond motifs is 3. The molecule has 4 aliphatic rings. The molecule has 7 atom stereocenters. The lowest BCUT2D eigenvalue weighted by molar-refractivity contribution is -0.122. The zero-order chi connectivity index (χ0) is 37.3. The maximum Gasteiger partial charge on any atom is 0.292 e. The monoisotopic (exact) mass is 758 g/mol. The lowest BCUT2D eigenvalue weighted by atomic mass is 9.75. The summed E-state index contributed by atoms with van der Waals surface area (Å²) in [4.78, 5) is 22.5. The van der Waals surface area contributed by atoms with Crippen molar-refractivity contribution in [3.8, 4) is 22.6 Å². The van der Waals surface area contributed by atoms with Crippen LogP contribution in [0.4, 0.5) is 18.9 Å². The third kappa shape index (κ3) is 6.26. The Bertz CT molecular complexity index is 2250. The Hall–Kier alpha value is -4.69.